The molecule has 7 nitrogen and oxygen atoms in total. The van der Waals surface area contributed by atoms with Gasteiger partial charge in [-0.05, 0) is 36.4 Å². The Bertz CT molecular complexity index is 1160. The molecule has 140 valence electrons. The summed E-state index contributed by atoms with van der Waals surface area (Å²) in [6, 6.07) is 15.5. The summed E-state index contributed by atoms with van der Waals surface area (Å²) in [6.45, 7) is 1.30. The number of hydrogen-bond acceptors (Lipinski definition) is 6. The summed E-state index contributed by atoms with van der Waals surface area (Å²) in [6.07, 6.45) is 2.60. The fraction of sp³-hybridized carbons (Fsp3) is 0.190. The number of aromatic nitrogens is 4. The Labute approximate surface area is 161 Å². The standard InChI is InChI=1S/C21H18N4O3/c1-26-16-5-2-4-14(12-16)17-8-9-22-21-23-20(24-25(17)21)15-6-7-18-19(13-15)28-11-3-10-27-18/h2,4-9,12-13H,3,10-11H2,1H3. The third-order valence-corrected chi connectivity index (χ3v) is 4.61. The Morgan fingerprint density at radius 2 is 1.86 bits per heavy atom. The van der Waals surface area contributed by atoms with Gasteiger partial charge in [0.1, 0.15) is 5.75 Å². The lowest BCUT2D eigenvalue weighted by atomic mass is 10.1. The van der Waals surface area contributed by atoms with E-state index in [4.69, 9.17) is 19.3 Å². The number of nitrogens with zero attached hydrogens (tertiary/aromatic N) is 4. The minimum Gasteiger partial charge on any atom is -0.497 e. The summed E-state index contributed by atoms with van der Waals surface area (Å²) in [5.74, 6) is 3.36. The second-order valence-electron chi connectivity index (χ2n) is 6.42. The molecule has 7 heteroatoms. The van der Waals surface area contributed by atoms with Crippen LogP contribution in [0.3, 0.4) is 0 Å². The zero-order valence-corrected chi connectivity index (χ0v) is 15.3. The van der Waals surface area contributed by atoms with Gasteiger partial charge in [0, 0.05) is 23.7 Å². The first-order chi connectivity index (χ1) is 13.8. The molecule has 0 radical (unpaired) electrons. The average Bonchev–Trinajstić information content (AvgIpc) is 3.05. The SMILES string of the molecule is COc1cccc(-c2ccnc3nc(-c4ccc5c(c4)OCCCO5)nn23)c1. The minimum atomic E-state index is 0.530. The van der Waals surface area contributed by atoms with Crippen LogP contribution in [0.15, 0.2) is 54.7 Å². The highest BCUT2D eigenvalue weighted by molar-refractivity contribution is 5.66. The van der Waals surface area contributed by atoms with Crippen molar-refractivity contribution in [2.45, 2.75) is 6.42 Å². The molecule has 1 aliphatic heterocycles. The van der Waals surface area contributed by atoms with Crippen molar-refractivity contribution in [3.8, 4) is 39.9 Å². The first kappa shape index (κ1) is 16.6. The summed E-state index contributed by atoms with van der Waals surface area (Å²) in [7, 11) is 1.65. The van der Waals surface area contributed by atoms with Crippen LogP contribution in [-0.2, 0) is 0 Å². The van der Waals surface area contributed by atoms with Crippen molar-refractivity contribution in [2.24, 2.45) is 0 Å². The van der Waals surface area contributed by atoms with Gasteiger partial charge >= 0.3 is 0 Å². The molecular formula is C21H18N4O3. The Balaban J connectivity index is 1.60. The van der Waals surface area contributed by atoms with E-state index in [-0.39, 0.29) is 0 Å². The quantitative estimate of drug-likeness (QED) is 0.545. The lowest BCUT2D eigenvalue weighted by Crippen LogP contribution is -1.97. The lowest BCUT2D eigenvalue weighted by Gasteiger charge is -2.07. The largest absolute Gasteiger partial charge is 0.497 e. The molecule has 4 aromatic rings. The van der Waals surface area contributed by atoms with Crippen molar-refractivity contribution < 1.29 is 14.2 Å². The number of hydrogen-bond donors (Lipinski definition) is 0. The minimum absolute atomic E-state index is 0.530. The van der Waals surface area contributed by atoms with E-state index >= 15 is 0 Å². The second kappa shape index (κ2) is 6.84. The molecule has 1 aliphatic rings. The molecule has 28 heavy (non-hydrogen) atoms. The molecule has 5 rings (SSSR count). The Hall–Kier alpha value is -3.61. The summed E-state index contributed by atoms with van der Waals surface area (Å²) in [5.41, 5.74) is 2.71. The van der Waals surface area contributed by atoms with Gasteiger partial charge in [-0.2, -0.15) is 9.50 Å². The Kier molecular flexibility index (Phi) is 4.05. The molecule has 0 spiro atoms. The van der Waals surface area contributed by atoms with Gasteiger partial charge in [0.05, 0.1) is 26.0 Å². The summed E-state index contributed by atoms with van der Waals surface area (Å²) in [4.78, 5) is 8.96. The summed E-state index contributed by atoms with van der Waals surface area (Å²) in [5, 5.41) is 4.69. The molecule has 0 amide bonds. The van der Waals surface area contributed by atoms with Crippen LogP contribution < -0.4 is 14.2 Å². The highest BCUT2D eigenvalue weighted by Gasteiger charge is 2.16. The highest BCUT2D eigenvalue weighted by atomic mass is 16.5. The third-order valence-electron chi connectivity index (χ3n) is 4.61. The molecule has 0 fully saturated rings. The highest BCUT2D eigenvalue weighted by Crippen LogP contribution is 2.33. The maximum atomic E-state index is 5.79. The topological polar surface area (TPSA) is 70.8 Å². The lowest BCUT2D eigenvalue weighted by molar-refractivity contribution is 0.297. The fourth-order valence-corrected chi connectivity index (χ4v) is 3.22. The average molecular weight is 374 g/mol. The molecule has 0 saturated carbocycles. The van der Waals surface area contributed by atoms with E-state index in [1.165, 1.54) is 0 Å². The van der Waals surface area contributed by atoms with E-state index < -0.39 is 0 Å². The summed E-state index contributed by atoms with van der Waals surface area (Å²) < 4.78 is 18.6. The maximum Gasteiger partial charge on any atom is 0.253 e. The van der Waals surface area contributed by atoms with Crippen molar-refractivity contribution in [1.29, 1.82) is 0 Å². The normalized spacial score (nSPS) is 13.3. The number of fused-ring (bicyclic) bond motifs is 2. The van der Waals surface area contributed by atoms with Gasteiger partial charge < -0.3 is 14.2 Å². The van der Waals surface area contributed by atoms with Crippen molar-refractivity contribution in [3.05, 3.63) is 54.7 Å². The maximum absolute atomic E-state index is 5.79. The molecule has 3 heterocycles. The zero-order chi connectivity index (χ0) is 18.9. The molecular weight excluding hydrogens is 356 g/mol. The van der Waals surface area contributed by atoms with Gasteiger partial charge in [0.15, 0.2) is 17.3 Å². The van der Waals surface area contributed by atoms with Gasteiger partial charge in [-0.25, -0.2) is 4.98 Å². The molecule has 2 aromatic heterocycles. The molecule has 0 aliphatic carbocycles. The van der Waals surface area contributed by atoms with Crippen LogP contribution in [0.4, 0.5) is 0 Å². The van der Waals surface area contributed by atoms with Crippen LogP contribution in [-0.4, -0.2) is 39.9 Å². The molecule has 2 aromatic carbocycles. The predicted octanol–water partition coefficient (Wildman–Crippen LogP) is 3.63. The number of ether oxygens (including phenoxy) is 3. The van der Waals surface area contributed by atoms with E-state index in [0.29, 0.717) is 24.8 Å². The van der Waals surface area contributed by atoms with Crippen LogP contribution in [0.1, 0.15) is 6.42 Å². The van der Waals surface area contributed by atoms with E-state index in [9.17, 15) is 0 Å². The number of rotatable bonds is 3. The molecule has 0 N–H and O–H groups in total. The van der Waals surface area contributed by atoms with Gasteiger partial charge in [0.2, 0.25) is 0 Å². The van der Waals surface area contributed by atoms with Crippen LogP contribution in [0.5, 0.6) is 17.2 Å². The van der Waals surface area contributed by atoms with Crippen molar-refractivity contribution >= 4 is 5.78 Å². The molecule has 0 saturated heterocycles. The Morgan fingerprint density at radius 3 is 2.75 bits per heavy atom. The van der Waals surface area contributed by atoms with Crippen LogP contribution in [0.2, 0.25) is 0 Å². The van der Waals surface area contributed by atoms with Crippen molar-refractivity contribution in [2.75, 3.05) is 20.3 Å². The van der Waals surface area contributed by atoms with Gasteiger partial charge in [-0.3, -0.25) is 0 Å². The van der Waals surface area contributed by atoms with E-state index in [1.54, 1.807) is 17.8 Å². The smallest absolute Gasteiger partial charge is 0.253 e. The fourth-order valence-electron chi connectivity index (χ4n) is 3.22. The van der Waals surface area contributed by atoms with E-state index in [0.717, 1.165) is 40.5 Å². The van der Waals surface area contributed by atoms with Gasteiger partial charge in [0.25, 0.3) is 5.78 Å². The van der Waals surface area contributed by atoms with Crippen molar-refractivity contribution in [1.82, 2.24) is 19.6 Å². The van der Waals surface area contributed by atoms with E-state index in [1.807, 2.05) is 48.5 Å². The van der Waals surface area contributed by atoms with Crippen LogP contribution in [0, 0.1) is 0 Å². The zero-order valence-electron chi connectivity index (χ0n) is 15.3. The van der Waals surface area contributed by atoms with Gasteiger partial charge in [-0.1, -0.05) is 12.1 Å². The van der Waals surface area contributed by atoms with Crippen molar-refractivity contribution in [3.63, 3.8) is 0 Å². The number of methoxy groups -OCH3 is 1. The first-order valence-electron chi connectivity index (χ1n) is 9.08. The van der Waals surface area contributed by atoms with Crippen LogP contribution >= 0.6 is 0 Å². The molecule has 0 unspecified atom stereocenters. The summed E-state index contributed by atoms with van der Waals surface area (Å²) >= 11 is 0. The number of benzene rings is 2. The monoisotopic (exact) mass is 374 g/mol. The van der Waals surface area contributed by atoms with Gasteiger partial charge in [-0.15, -0.1) is 5.10 Å². The molecule has 0 atom stereocenters. The van der Waals surface area contributed by atoms with Crippen LogP contribution in [0.25, 0.3) is 28.4 Å². The second-order valence-corrected chi connectivity index (χ2v) is 6.42. The Morgan fingerprint density at radius 1 is 0.964 bits per heavy atom. The predicted molar refractivity (Wildman–Crippen MR) is 104 cm³/mol. The third kappa shape index (κ3) is 2.90. The molecule has 0 bridgehead atoms. The first-order valence-corrected chi connectivity index (χ1v) is 9.08. The van der Waals surface area contributed by atoms with E-state index in [2.05, 4.69) is 9.97 Å².